The van der Waals surface area contributed by atoms with Gasteiger partial charge in [0.25, 0.3) is 0 Å². The first kappa shape index (κ1) is 16.4. The van der Waals surface area contributed by atoms with Crippen LogP contribution in [0.5, 0.6) is 11.5 Å². The van der Waals surface area contributed by atoms with Crippen LogP contribution in [0, 0.1) is 0 Å². The molecule has 6 heteroatoms. The maximum absolute atomic E-state index is 11.6. The molecule has 0 aliphatic heterocycles. The van der Waals surface area contributed by atoms with Gasteiger partial charge in [0.2, 0.25) is 5.91 Å². The molecule has 1 aromatic heterocycles. The average molecular weight is 348 g/mol. The molecule has 0 saturated heterocycles. The molecule has 1 heterocycles. The number of carbonyl (C=O) groups is 1. The Morgan fingerprint density at radius 1 is 1.15 bits per heavy atom. The summed E-state index contributed by atoms with van der Waals surface area (Å²) in [5.74, 6) is 1.01. The topological polar surface area (TPSA) is 82.2 Å². The minimum atomic E-state index is -0.264. The average Bonchev–Trinajstić information content (AvgIpc) is 3.41. The summed E-state index contributed by atoms with van der Waals surface area (Å²) in [4.78, 5) is 11.6. The highest BCUT2D eigenvalue weighted by atomic mass is 16.5. The van der Waals surface area contributed by atoms with Gasteiger partial charge in [0.15, 0.2) is 5.75 Å². The van der Waals surface area contributed by atoms with Gasteiger partial charge >= 0.3 is 0 Å². The largest absolute Gasteiger partial charge is 0.455 e. The fourth-order valence-electron chi connectivity index (χ4n) is 2.79. The van der Waals surface area contributed by atoms with Gasteiger partial charge in [0, 0.05) is 17.3 Å². The lowest BCUT2D eigenvalue weighted by molar-refractivity contribution is -0.114. The normalized spacial score (nSPS) is 13.4. The number of nitrogens with one attached hydrogen (secondary N) is 1. The highest BCUT2D eigenvalue weighted by Gasteiger charge is 2.24. The molecule has 0 spiro atoms. The van der Waals surface area contributed by atoms with Crippen molar-refractivity contribution in [3.05, 3.63) is 60.9 Å². The lowest BCUT2D eigenvalue weighted by Crippen LogP contribution is -2.22. The summed E-state index contributed by atoms with van der Waals surface area (Å²) in [5.41, 5.74) is 7.95. The predicted molar refractivity (Wildman–Crippen MR) is 100 cm³/mol. The highest BCUT2D eigenvalue weighted by molar-refractivity contribution is 5.93. The zero-order valence-corrected chi connectivity index (χ0v) is 14.3. The van der Waals surface area contributed by atoms with E-state index in [1.54, 1.807) is 6.07 Å². The van der Waals surface area contributed by atoms with Gasteiger partial charge in [0.05, 0.1) is 24.5 Å². The van der Waals surface area contributed by atoms with Crippen LogP contribution >= 0.6 is 0 Å². The number of aromatic nitrogens is 2. The molecule has 26 heavy (non-hydrogen) atoms. The Balaban J connectivity index is 1.64. The number of hydrogen-bond acceptors (Lipinski definition) is 4. The third-order valence-corrected chi connectivity index (χ3v) is 4.29. The molecule has 1 amide bonds. The van der Waals surface area contributed by atoms with E-state index in [1.807, 2.05) is 53.3 Å². The van der Waals surface area contributed by atoms with Gasteiger partial charge in [-0.3, -0.25) is 9.48 Å². The molecule has 0 atom stereocenters. The molecule has 1 fully saturated rings. The Morgan fingerprint density at radius 3 is 2.65 bits per heavy atom. The molecule has 0 radical (unpaired) electrons. The summed E-state index contributed by atoms with van der Waals surface area (Å²) in [6.45, 7) is -0.0781. The van der Waals surface area contributed by atoms with E-state index in [4.69, 9.17) is 10.5 Å². The number of benzene rings is 2. The van der Waals surface area contributed by atoms with Crippen molar-refractivity contribution in [3.63, 3.8) is 0 Å². The minimum absolute atomic E-state index is 0.0781. The van der Waals surface area contributed by atoms with Crippen LogP contribution in [0.2, 0.25) is 0 Å². The van der Waals surface area contributed by atoms with Crippen LogP contribution in [-0.2, 0) is 4.79 Å². The van der Waals surface area contributed by atoms with E-state index in [0.29, 0.717) is 23.2 Å². The van der Waals surface area contributed by atoms with E-state index >= 15 is 0 Å². The molecule has 132 valence electrons. The molecular weight excluding hydrogens is 328 g/mol. The quantitative estimate of drug-likeness (QED) is 0.713. The standard InChI is InChI=1S/C20H20N4O2/c21-11-20(25)23-17-6-2-4-8-19(17)26-18-7-3-1-5-16(18)14-12-22-24(13-14)15-9-10-15/h1-8,12-13,15H,9-11,21H2,(H,23,25). The number of nitrogens with zero attached hydrogens (tertiary/aromatic N) is 2. The number of ether oxygens (including phenoxy) is 1. The fraction of sp³-hybridized carbons (Fsp3) is 0.200. The Bertz CT molecular complexity index is 931. The lowest BCUT2D eigenvalue weighted by atomic mass is 10.1. The van der Waals surface area contributed by atoms with Crippen LogP contribution in [0.25, 0.3) is 11.1 Å². The summed E-state index contributed by atoms with van der Waals surface area (Å²) in [6, 6.07) is 15.6. The van der Waals surface area contributed by atoms with Crippen molar-refractivity contribution >= 4 is 11.6 Å². The third-order valence-electron chi connectivity index (χ3n) is 4.29. The van der Waals surface area contributed by atoms with E-state index in [-0.39, 0.29) is 12.5 Å². The molecule has 2 aromatic carbocycles. The van der Waals surface area contributed by atoms with Crippen LogP contribution in [0.4, 0.5) is 5.69 Å². The first-order valence-electron chi connectivity index (χ1n) is 8.65. The number of amides is 1. The van der Waals surface area contributed by atoms with Crippen LogP contribution in [0.3, 0.4) is 0 Å². The van der Waals surface area contributed by atoms with Gasteiger partial charge in [-0.05, 0) is 31.0 Å². The van der Waals surface area contributed by atoms with Crippen molar-refractivity contribution < 1.29 is 9.53 Å². The number of carbonyl (C=O) groups excluding carboxylic acids is 1. The van der Waals surface area contributed by atoms with E-state index in [2.05, 4.69) is 16.6 Å². The van der Waals surface area contributed by atoms with Gasteiger partial charge < -0.3 is 15.8 Å². The summed E-state index contributed by atoms with van der Waals surface area (Å²) in [7, 11) is 0. The van der Waals surface area contributed by atoms with E-state index < -0.39 is 0 Å². The number of rotatable bonds is 6. The van der Waals surface area contributed by atoms with Gasteiger partial charge in [-0.15, -0.1) is 0 Å². The Morgan fingerprint density at radius 2 is 1.88 bits per heavy atom. The van der Waals surface area contributed by atoms with Crippen molar-refractivity contribution in [2.75, 3.05) is 11.9 Å². The Kier molecular flexibility index (Phi) is 4.41. The van der Waals surface area contributed by atoms with Crippen LogP contribution in [0.1, 0.15) is 18.9 Å². The van der Waals surface area contributed by atoms with Gasteiger partial charge in [0.1, 0.15) is 5.75 Å². The molecule has 4 rings (SSSR count). The SMILES string of the molecule is NCC(=O)Nc1ccccc1Oc1ccccc1-c1cnn(C2CC2)c1. The molecule has 0 unspecified atom stereocenters. The van der Waals surface area contributed by atoms with Crippen molar-refractivity contribution in [2.24, 2.45) is 5.73 Å². The molecule has 6 nitrogen and oxygen atoms in total. The van der Waals surface area contributed by atoms with E-state index in [1.165, 1.54) is 12.8 Å². The van der Waals surface area contributed by atoms with E-state index in [9.17, 15) is 4.79 Å². The smallest absolute Gasteiger partial charge is 0.238 e. The van der Waals surface area contributed by atoms with Crippen LogP contribution in [-0.4, -0.2) is 22.2 Å². The summed E-state index contributed by atoms with van der Waals surface area (Å²) in [5, 5.41) is 7.22. The number of hydrogen-bond donors (Lipinski definition) is 2. The maximum atomic E-state index is 11.6. The van der Waals surface area contributed by atoms with Crippen LogP contribution < -0.4 is 15.8 Å². The molecule has 3 aromatic rings. The van der Waals surface area contributed by atoms with Crippen molar-refractivity contribution in [2.45, 2.75) is 18.9 Å². The molecule has 1 aliphatic rings. The summed E-state index contributed by atoms with van der Waals surface area (Å²) < 4.78 is 8.15. The molecule has 0 bridgehead atoms. The van der Waals surface area contributed by atoms with Crippen LogP contribution in [0.15, 0.2) is 60.9 Å². The van der Waals surface area contributed by atoms with Gasteiger partial charge in [-0.1, -0.05) is 30.3 Å². The number of para-hydroxylation sites is 3. The molecule has 1 aliphatic carbocycles. The minimum Gasteiger partial charge on any atom is -0.455 e. The zero-order chi connectivity index (χ0) is 17.9. The zero-order valence-electron chi connectivity index (χ0n) is 14.3. The summed E-state index contributed by atoms with van der Waals surface area (Å²) in [6.07, 6.45) is 6.30. The Labute approximate surface area is 151 Å². The van der Waals surface area contributed by atoms with E-state index in [0.717, 1.165) is 11.1 Å². The first-order valence-corrected chi connectivity index (χ1v) is 8.65. The summed E-state index contributed by atoms with van der Waals surface area (Å²) >= 11 is 0. The first-order chi connectivity index (χ1) is 12.7. The van der Waals surface area contributed by atoms with Gasteiger partial charge in [-0.25, -0.2) is 0 Å². The van der Waals surface area contributed by atoms with Crippen molar-refractivity contribution in [3.8, 4) is 22.6 Å². The maximum Gasteiger partial charge on any atom is 0.238 e. The fourth-order valence-corrected chi connectivity index (χ4v) is 2.79. The molecular formula is C20H20N4O2. The van der Waals surface area contributed by atoms with Crippen molar-refractivity contribution in [1.29, 1.82) is 0 Å². The molecule has 1 saturated carbocycles. The second kappa shape index (κ2) is 7.01. The monoisotopic (exact) mass is 348 g/mol. The highest BCUT2D eigenvalue weighted by Crippen LogP contribution is 2.38. The van der Waals surface area contributed by atoms with Gasteiger partial charge in [-0.2, -0.15) is 5.10 Å². The Hall–Kier alpha value is -3.12. The second-order valence-electron chi connectivity index (χ2n) is 6.29. The second-order valence-corrected chi connectivity index (χ2v) is 6.29. The number of anilines is 1. The third kappa shape index (κ3) is 3.45. The molecule has 3 N–H and O–H groups in total. The number of nitrogens with two attached hydrogens (primary N) is 1. The lowest BCUT2D eigenvalue weighted by Gasteiger charge is -2.14. The van der Waals surface area contributed by atoms with Crippen molar-refractivity contribution in [1.82, 2.24) is 9.78 Å². The predicted octanol–water partition coefficient (Wildman–Crippen LogP) is 3.57.